The van der Waals surface area contributed by atoms with Gasteiger partial charge in [-0.15, -0.1) is 0 Å². The van der Waals surface area contributed by atoms with Crippen LogP contribution in [0.1, 0.15) is 22.8 Å². The van der Waals surface area contributed by atoms with Crippen LogP contribution in [0, 0.1) is 17.5 Å². The monoisotopic (exact) mass is 388 g/mol. The topological polar surface area (TPSA) is 101 Å². The van der Waals surface area contributed by atoms with Crippen molar-refractivity contribution in [2.45, 2.75) is 11.8 Å². The normalized spacial score (nSPS) is 11.3. The summed E-state index contributed by atoms with van der Waals surface area (Å²) in [5, 5.41) is 9.06. The first kappa shape index (κ1) is 19.5. The van der Waals surface area contributed by atoms with Crippen LogP contribution in [0.4, 0.5) is 13.2 Å². The van der Waals surface area contributed by atoms with Gasteiger partial charge in [-0.1, -0.05) is 18.7 Å². The maximum Gasteiger partial charge on any atom is 0.339 e. The van der Waals surface area contributed by atoms with Crippen LogP contribution >= 0.6 is 0 Å². The van der Waals surface area contributed by atoms with Crippen molar-refractivity contribution < 1.29 is 40.8 Å². The van der Waals surface area contributed by atoms with Crippen molar-refractivity contribution in [2.24, 2.45) is 0 Å². The van der Waals surface area contributed by atoms with Crippen molar-refractivity contribution in [3.05, 3.63) is 59.4 Å². The van der Waals surface area contributed by atoms with Crippen LogP contribution in [0.15, 0.2) is 35.7 Å². The van der Waals surface area contributed by atoms with E-state index in [1.807, 2.05) is 0 Å². The molecule has 0 unspecified atom stereocenters. The maximum absolute atomic E-state index is 14.7. The molecule has 2 rings (SSSR count). The zero-order chi connectivity index (χ0) is 19.8. The summed E-state index contributed by atoms with van der Waals surface area (Å²) in [6, 6.07) is 4.78. The van der Waals surface area contributed by atoms with Crippen LogP contribution in [-0.4, -0.2) is 24.0 Å². The van der Waals surface area contributed by atoms with E-state index in [9.17, 15) is 26.4 Å². The van der Waals surface area contributed by atoms with Crippen LogP contribution in [0.25, 0.3) is 5.57 Å². The van der Waals surface area contributed by atoms with E-state index in [0.717, 1.165) is 19.1 Å². The van der Waals surface area contributed by atoms with Gasteiger partial charge in [0, 0.05) is 5.56 Å². The molecule has 0 aliphatic heterocycles. The van der Waals surface area contributed by atoms with Crippen LogP contribution in [0.5, 0.6) is 11.5 Å². The van der Waals surface area contributed by atoms with Crippen LogP contribution in [0.3, 0.4) is 0 Å². The second kappa shape index (κ2) is 6.81. The Morgan fingerprint density at radius 3 is 2.19 bits per heavy atom. The largest absolute Gasteiger partial charge is 0.478 e. The van der Waals surface area contributed by atoms with Gasteiger partial charge in [-0.3, -0.25) is 4.55 Å². The van der Waals surface area contributed by atoms with E-state index >= 15 is 0 Å². The number of ether oxygens (including phenoxy) is 1. The van der Waals surface area contributed by atoms with Gasteiger partial charge in [0.25, 0.3) is 10.1 Å². The first-order valence-electron chi connectivity index (χ1n) is 6.80. The minimum atomic E-state index is -5.33. The highest BCUT2D eigenvalue weighted by Crippen LogP contribution is 2.39. The highest BCUT2D eigenvalue weighted by Gasteiger charge is 2.33. The predicted octanol–water partition coefficient (Wildman–Crippen LogP) is 3.87. The summed E-state index contributed by atoms with van der Waals surface area (Å²) in [5.74, 6) is -9.16. The number of halogens is 3. The fourth-order valence-corrected chi connectivity index (χ4v) is 3.01. The van der Waals surface area contributed by atoms with E-state index in [0.29, 0.717) is 0 Å². The lowest BCUT2D eigenvalue weighted by Crippen LogP contribution is -2.12. The van der Waals surface area contributed by atoms with Gasteiger partial charge in [0.1, 0.15) is 16.2 Å². The number of allylic oxidation sites excluding steroid dienone is 1. The first-order chi connectivity index (χ1) is 12.0. The third kappa shape index (κ3) is 3.41. The number of rotatable bonds is 5. The number of para-hydroxylation sites is 1. The van der Waals surface area contributed by atoms with Gasteiger partial charge < -0.3 is 9.84 Å². The average Bonchev–Trinajstić information content (AvgIpc) is 2.53. The van der Waals surface area contributed by atoms with Gasteiger partial charge >= 0.3 is 5.97 Å². The zero-order valence-electron chi connectivity index (χ0n) is 13.1. The Hall–Kier alpha value is -2.85. The van der Waals surface area contributed by atoms with Gasteiger partial charge in [0.15, 0.2) is 11.6 Å². The molecule has 2 N–H and O–H groups in total. The Labute approximate surface area is 145 Å². The third-order valence-electron chi connectivity index (χ3n) is 3.25. The fourth-order valence-electron chi connectivity index (χ4n) is 2.17. The SMILES string of the molecule is C=C(C)c1c(F)c(Oc2ccccc2C(=O)O)c(F)c(F)c1S(=O)(=O)O. The third-order valence-corrected chi connectivity index (χ3v) is 4.15. The number of hydrogen-bond donors (Lipinski definition) is 2. The van der Waals surface area contributed by atoms with E-state index in [1.54, 1.807) is 0 Å². The van der Waals surface area contributed by atoms with Crippen LogP contribution in [-0.2, 0) is 10.1 Å². The van der Waals surface area contributed by atoms with Gasteiger partial charge in [-0.05, 0) is 24.6 Å². The zero-order valence-corrected chi connectivity index (χ0v) is 13.9. The lowest BCUT2D eigenvalue weighted by Gasteiger charge is -2.16. The number of carboxylic acids is 1. The van der Waals surface area contributed by atoms with E-state index in [4.69, 9.17) is 14.4 Å². The molecule has 0 aliphatic carbocycles. The molecule has 0 aromatic heterocycles. The van der Waals surface area contributed by atoms with E-state index in [2.05, 4.69) is 6.58 Å². The van der Waals surface area contributed by atoms with Gasteiger partial charge in [0.05, 0.1) is 0 Å². The van der Waals surface area contributed by atoms with Crippen molar-refractivity contribution in [2.75, 3.05) is 0 Å². The molecule has 10 heteroatoms. The van der Waals surface area contributed by atoms with Crippen molar-refractivity contribution in [3.63, 3.8) is 0 Å². The summed E-state index contributed by atoms with van der Waals surface area (Å²) in [7, 11) is -5.33. The number of hydrogen-bond acceptors (Lipinski definition) is 4. The lowest BCUT2D eigenvalue weighted by molar-refractivity contribution is 0.0694. The van der Waals surface area contributed by atoms with Crippen LogP contribution in [0.2, 0.25) is 0 Å². The predicted molar refractivity (Wildman–Crippen MR) is 84.3 cm³/mol. The Morgan fingerprint density at radius 1 is 1.12 bits per heavy atom. The molecule has 0 bridgehead atoms. The highest BCUT2D eigenvalue weighted by molar-refractivity contribution is 7.86. The van der Waals surface area contributed by atoms with E-state index in [1.165, 1.54) is 12.1 Å². The smallest absolute Gasteiger partial charge is 0.339 e. The van der Waals surface area contributed by atoms with Crippen LogP contribution < -0.4 is 4.74 Å². The molecular weight excluding hydrogens is 377 g/mol. The molecule has 0 aliphatic rings. The quantitative estimate of drug-likeness (QED) is 0.596. The molecule has 0 saturated heterocycles. The summed E-state index contributed by atoms with van der Waals surface area (Å²) in [4.78, 5) is 9.52. The molecule has 26 heavy (non-hydrogen) atoms. The average molecular weight is 388 g/mol. The molecule has 0 spiro atoms. The summed E-state index contributed by atoms with van der Waals surface area (Å²) in [5.41, 5.74) is -1.83. The molecular formula is C16H11F3O6S. The summed E-state index contributed by atoms with van der Waals surface area (Å²) in [6.45, 7) is 4.37. The van der Waals surface area contributed by atoms with Gasteiger partial charge in [0.2, 0.25) is 11.6 Å². The molecule has 0 heterocycles. The maximum atomic E-state index is 14.7. The Morgan fingerprint density at radius 2 is 1.69 bits per heavy atom. The van der Waals surface area contributed by atoms with E-state index in [-0.39, 0.29) is 5.57 Å². The molecule has 2 aromatic rings. The molecule has 0 fully saturated rings. The molecule has 0 radical (unpaired) electrons. The molecule has 0 saturated carbocycles. The van der Waals surface area contributed by atoms with Gasteiger partial charge in [-0.2, -0.15) is 12.8 Å². The van der Waals surface area contributed by atoms with Crippen molar-refractivity contribution in [1.82, 2.24) is 0 Å². The second-order valence-corrected chi connectivity index (χ2v) is 6.49. The molecule has 2 aromatic carbocycles. The molecule has 138 valence electrons. The van der Waals surface area contributed by atoms with Crippen molar-refractivity contribution in [1.29, 1.82) is 0 Å². The van der Waals surface area contributed by atoms with Gasteiger partial charge in [-0.25, -0.2) is 13.6 Å². The Kier molecular flexibility index (Phi) is 5.10. The highest BCUT2D eigenvalue weighted by atomic mass is 32.2. The molecule has 0 atom stereocenters. The number of carbonyl (C=O) groups is 1. The summed E-state index contributed by atoms with van der Waals surface area (Å²) >= 11 is 0. The second-order valence-electron chi connectivity index (χ2n) is 5.13. The molecule has 0 amide bonds. The molecule has 6 nitrogen and oxygen atoms in total. The number of aromatic carboxylic acids is 1. The summed E-state index contributed by atoms with van der Waals surface area (Å²) in [6.07, 6.45) is 0. The Balaban J connectivity index is 2.81. The first-order valence-corrected chi connectivity index (χ1v) is 8.24. The van der Waals surface area contributed by atoms with Crippen molar-refractivity contribution >= 4 is 21.7 Å². The summed E-state index contributed by atoms with van der Waals surface area (Å²) < 4.78 is 79.7. The number of benzene rings is 2. The fraction of sp³-hybridized carbons (Fsp3) is 0.0625. The van der Waals surface area contributed by atoms with Crippen molar-refractivity contribution in [3.8, 4) is 11.5 Å². The lowest BCUT2D eigenvalue weighted by atomic mass is 10.1. The minimum absolute atomic E-state index is 0.342. The number of carboxylic acid groups (broad SMARTS) is 1. The van der Waals surface area contributed by atoms with E-state index < -0.39 is 61.1 Å². The minimum Gasteiger partial charge on any atom is -0.478 e. The Bertz CT molecular complexity index is 1030. The standard InChI is InChI=1S/C16H11F3O6S/c1-7(2)10-11(17)14(12(18)13(19)15(10)26(22,23)24)25-9-6-4-3-5-8(9)16(20)21/h3-6H,1H2,2H3,(H,20,21)(H,22,23,24).